The molecule has 0 aliphatic carbocycles. The van der Waals surface area contributed by atoms with Gasteiger partial charge >= 0.3 is 17.9 Å². The molecule has 0 heterocycles. The minimum atomic E-state index is -1.62. The van der Waals surface area contributed by atoms with Crippen LogP contribution < -0.4 is 21.7 Å². The van der Waals surface area contributed by atoms with Gasteiger partial charge in [0.2, 0.25) is 17.7 Å². The number of aliphatic carboxylic acids is 3. The smallest absolute Gasteiger partial charge is 0.322 e. The highest BCUT2D eigenvalue weighted by Crippen LogP contribution is 2.01. The van der Waals surface area contributed by atoms with E-state index in [4.69, 9.17) is 21.1 Å². The van der Waals surface area contributed by atoms with Crippen molar-refractivity contribution in [3.63, 3.8) is 0 Å². The molecule has 13 nitrogen and oxygen atoms in total. The predicted octanol–water partition coefficient (Wildman–Crippen LogP) is -3.54. The summed E-state index contributed by atoms with van der Waals surface area (Å²) in [6.45, 7) is -1.27. The van der Waals surface area contributed by atoms with E-state index in [9.17, 15) is 28.8 Å². The molecule has 0 aromatic carbocycles. The SMILES string of the molecule is NCC(=O)NC(CCC(=O)O)C(=O)NC(CC(=O)O)C(=O)NCC(=O)O. The Hall–Kier alpha value is -3.22. The molecule has 8 N–H and O–H groups in total. The van der Waals surface area contributed by atoms with E-state index < -0.39 is 73.6 Å². The third kappa shape index (κ3) is 9.82. The van der Waals surface area contributed by atoms with E-state index >= 15 is 0 Å². The number of amides is 3. The topological polar surface area (TPSA) is 225 Å². The van der Waals surface area contributed by atoms with Crippen molar-refractivity contribution in [1.29, 1.82) is 0 Å². The van der Waals surface area contributed by atoms with Gasteiger partial charge in [0, 0.05) is 6.42 Å². The summed E-state index contributed by atoms with van der Waals surface area (Å²) < 4.78 is 0. The summed E-state index contributed by atoms with van der Waals surface area (Å²) >= 11 is 0. The Morgan fingerprint density at radius 2 is 1.42 bits per heavy atom. The van der Waals surface area contributed by atoms with Gasteiger partial charge in [0.25, 0.3) is 0 Å². The van der Waals surface area contributed by atoms with Crippen LogP contribution in [0, 0.1) is 0 Å². The van der Waals surface area contributed by atoms with Crippen molar-refractivity contribution in [2.24, 2.45) is 5.73 Å². The largest absolute Gasteiger partial charge is 0.481 e. The summed E-state index contributed by atoms with van der Waals surface area (Å²) in [6.07, 6.45) is -1.67. The quantitative estimate of drug-likeness (QED) is 0.177. The molecule has 26 heavy (non-hydrogen) atoms. The fourth-order valence-corrected chi connectivity index (χ4v) is 1.73. The van der Waals surface area contributed by atoms with Crippen molar-refractivity contribution < 1.29 is 44.1 Å². The molecule has 0 aliphatic heterocycles. The maximum Gasteiger partial charge on any atom is 0.322 e. The Balaban J connectivity index is 5.12. The van der Waals surface area contributed by atoms with E-state index in [0.717, 1.165) is 0 Å². The van der Waals surface area contributed by atoms with Crippen LogP contribution in [0.1, 0.15) is 19.3 Å². The molecule has 0 saturated carbocycles. The Morgan fingerprint density at radius 1 is 0.808 bits per heavy atom. The average Bonchev–Trinajstić information content (AvgIpc) is 2.54. The van der Waals surface area contributed by atoms with Crippen LogP contribution in [0.25, 0.3) is 0 Å². The Bertz CT molecular complexity index is 578. The number of carbonyl (C=O) groups is 6. The van der Waals surface area contributed by atoms with Crippen LogP contribution in [-0.4, -0.2) is 76.1 Å². The summed E-state index contributed by atoms with van der Waals surface area (Å²) in [6, 6.07) is -2.99. The molecule has 146 valence electrons. The van der Waals surface area contributed by atoms with Crippen molar-refractivity contribution in [3.05, 3.63) is 0 Å². The summed E-state index contributed by atoms with van der Waals surface area (Å²) in [7, 11) is 0. The second-order valence-corrected chi connectivity index (χ2v) is 5.03. The molecule has 0 rings (SSSR count). The molecule has 0 aromatic rings. The Morgan fingerprint density at radius 3 is 1.88 bits per heavy atom. The van der Waals surface area contributed by atoms with Crippen molar-refractivity contribution in [2.45, 2.75) is 31.3 Å². The minimum absolute atomic E-state index is 0.330. The lowest BCUT2D eigenvalue weighted by molar-refractivity contribution is -0.141. The van der Waals surface area contributed by atoms with Crippen LogP contribution in [0.5, 0.6) is 0 Å². The van der Waals surface area contributed by atoms with Crippen LogP contribution in [0.15, 0.2) is 0 Å². The molecule has 2 unspecified atom stereocenters. The molecule has 0 aliphatic rings. The van der Waals surface area contributed by atoms with Gasteiger partial charge in [-0.1, -0.05) is 0 Å². The number of hydrogen-bond acceptors (Lipinski definition) is 7. The molecule has 0 saturated heterocycles. The highest BCUT2D eigenvalue weighted by molar-refractivity contribution is 5.94. The van der Waals surface area contributed by atoms with Crippen molar-refractivity contribution >= 4 is 35.6 Å². The molecule has 2 atom stereocenters. The second-order valence-electron chi connectivity index (χ2n) is 5.03. The molecule has 0 fully saturated rings. The van der Waals surface area contributed by atoms with E-state index in [2.05, 4.69) is 10.6 Å². The lowest BCUT2D eigenvalue weighted by Crippen LogP contribution is -2.55. The number of carbonyl (C=O) groups excluding carboxylic acids is 3. The van der Waals surface area contributed by atoms with Crippen molar-refractivity contribution in [1.82, 2.24) is 16.0 Å². The second kappa shape index (κ2) is 11.4. The molecule has 0 spiro atoms. The first-order valence-corrected chi connectivity index (χ1v) is 7.29. The van der Waals surface area contributed by atoms with Crippen LogP contribution in [0.3, 0.4) is 0 Å². The van der Waals surface area contributed by atoms with Gasteiger partial charge in [-0.05, 0) is 6.42 Å². The Labute approximate surface area is 146 Å². The third-order valence-corrected chi connectivity index (χ3v) is 2.91. The fraction of sp³-hybridized carbons (Fsp3) is 0.538. The maximum absolute atomic E-state index is 12.2. The summed E-state index contributed by atoms with van der Waals surface area (Å²) in [5.41, 5.74) is 5.10. The zero-order valence-corrected chi connectivity index (χ0v) is 13.6. The molecule has 0 bridgehead atoms. The Kier molecular flexibility index (Phi) is 9.95. The first-order valence-electron chi connectivity index (χ1n) is 7.29. The number of carboxylic acid groups (broad SMARTS) is 3. The zero-order valence-electron chi connectivity index (χ0n) is 13.6. The summed E-state index contributed by atoms with van der Waals surface area (Å²) in [5, 5.41) is 32.1. The van der Waals surface area contributed by atoms with Gasteiger partial charge in [0.05, 0.1) is 13.0 Å². The molecule has 13 heteroatoms. The van der Waals surface area contributed by atoms with Gasteiger partial charge in [-0.25, -0.2) is 0 Å². The third-order valence-electron chi connectivity index (χ3n) is 2.91. The lowest BCUT2D eigenvalue weighted by atomic mass is 10.1. The summed E-state index contributed by atoms with van der Waals surface area (Å²) in [4.78, 5) is 67.3. The number of carboxylic acids is 3. The fourth-order valence-electron chi connectivity index (χ4n) is 1.73. The lowest BCUT2D eigenvalue weighted by Gasteiger charge is -2.21. The van der Waals surface area contributed by atoms with Crippen LogP contribution in [-0.2, 0) is 28.8 Å². The van der Waals surface area contributed by atoms with Gasteiger partial charge in [-0.3, -0.25) is 28.8 Å². The highest BCUT2D eigenvalue weighted by Gasteiger charge is 2.28. The predicted molar refractivity (Wildman–Crippen MR) is 82.7 cm³/mol. The van der Waals surface area contributed by atoms with E-state index in [1.165, 1.54) is 0 Å². The molecule has 0 radical (unpaired) electrons. The molecule has 3 amide bonds. The van der Waals surface area contributed by atoms with Crippen molar-refractivity contribution in [3.8, 4) is 0 Å². The van der Waals surface area contributed by atoms with E-state index in [1.807, 2.05) is 5.32 Å². The van der Waals surface area contributed by atoms with Crippen LogP contribution >= 0.6 is 0 Å². The number of nitrogens with two attached hydrogens (primary N) is 1. The molecular formula is C13H20N4O9. The maximum atomic E-state index is 12.2. The van der Waals surface area contributed by atoms with E-state index in [1.54, 1.807) is 0 Å². The van der Waals surface area contributed by atoms with Gasteiger partial charge in [-0.2, -0.15) is 0 Å². The standard InChI is InChI=1S/C13H20N4O9/c14-4-8(18)16-6(1-2-9(19)20)13(26)17-7(3-10(21)22)12(25)15-5-11(23)24/h6-7H,1-5,14H2,(H,15,25)(H,16,18)(H,17,26)(H,19,20)(H,21,22)(H,23,24). The number of hydrogen-bond donors (Lipinski definition) is 7. The van der Waals surface area contributed by atoms with Gasteiger partial charge < -0.3 is 37.0 Å². The van der Waals surface area contributed by atoms with Crippen LogP contribution in [0.4, 0.5) is 0 Å². The molecular weight excluding hydrogens is 356 g/mol. The van der Waals surface area contributed by atoms with E-state index in [-0.39, 0.29) is 6.42 Å². The highest BCUT2D eigenvalue weighted by atomic mass is 16.4. The minimum Gasteiger partial charge on any atom is -0.481 e. The van der Waals surface area contributed by atoms with Crippen molar-refractivity contribution in [2.75, 3.05) is 13.1 Å². The summed E-state index contributed by atoms with van der Waals surface area (Å²) in [5.74, 6) is -6.91. The molecule has 0 aromatic heterocycles. The monoisotopic (exact) mass is 376 g/mol. The first-order chi connectivity index (χ1) is 12.1. The van der Waals surface area contributed by atoms with Crippen LogP contribution in [0.2, 0.25) is 0 Å². The zero-order chi connectivity index (χ0) is 20.3. The number of nitrogens with one attached hydrogen (secondary N) is 3. The number of rotatable bonds is 12. The average molecular weight is 376 g/mol. The van der Waals surface area contributed by atoms with Gasteiger partial charge in [0.1, 0.15) is 18.6 Å². The normalized spacial score (nSPS) is 12.3. The first kappa shape index (κ1) is 22.8. The van der Waals surface area contributed by atoms with Gasteiger partial charge in [-0.15, -0.1) is 0 Å². The van der Waals surface area contributed by atoms with Gasteiger partial charge in [0.15, 0.2) is 0 Å². The van der Waals surface area contributed by atoms with E-state index in [0.29, 0.717) is 0 Å².